The Labute approximate surface area is 114 Å². The van der Waals surface area contributed by atoms with Gasteiger partial charge in [0.2, 0.25) is 0 Å². The Morgan fingerprint density at radius 3 is 2.26 bits per heavy atom. The molecule has 4 nitrogen and oxygen atoms in total. The monoisotopic (exact) mass is 268 g/mol. The molecule has 0 spiro atoms. The van der Waals surface area contributed by atoms with Crippen molar-refractivity contribution in [3.8, 4) is 0 Å². The lowest BCUT2D eigenvalue weighted by molar-refractivity contribution is -0.165. The lowest BCUT2D eigenvalue weighted by Crippen LogP contribution is -2.48. The first-order valence-electron chi connectivity index (χ1n) is 7.51. The van der Waals surface area contributed by atoms with E-state index in [1.807, 2.05) is 6.92 Å². The molecular formula is C15H24O4. The van der Waals surface area contributed by atoms with Crippen LogP contribution in [0.25, 0.3) is 0 Å². The predicted octanol–water partition coefficient (Wildman–Crippen LogP) is 3.01. The van der Waals surface area contributed by atoms with Gasteiger partial charge in [-0.1, -0.05) is 32.6 Å². The maximum atomic E-state index is 11.6. The highest BCUT2D eigenvalue weighted by atomic mass is 16.4. The van der Waals surface area contributed by atoms with Crippen LogP contribution in [0, 0.1) is 29.6 Å². The summed E-state index contributed by atoms with van der Waals surface area (Å²) in [6.07, 6.45) is 6.88. The van der Waals surface area contributed by atoms with Crippen LogP contribution in [-0.4, -0.2) is 22.2 Å². The first-order chi connectivity index (χ1) is 9.06. The second kappa shape index (κ2) is 5.93. The molecule has 19 heavy (non-hydrogen) atoms. The van der Waals surface area contributed by atoms with Crippen LogP contribution in [0.2, 0.25) is 0 Å². The third-order valence-electron chi connectivity index (χ3n) is 5.16. The molecule has 108 valence electrons. The first kappa shape index (κ1) is 14.4. The van der Waals surface area contributed by atoms with Crippen molar-refractivity contribution >= 4 is 11.9 Å². The molecule has 4 heteroatoms. The van der Waals surface area contributed by atoms with Gasteiger partial charge in [-0.15, -0.1) is 0 Å². The molecule has 2 aliphatic carbocycles. The lowest BCUT2D eigenvalue weighted by atomic mass is 9.57. The Balaban J connectivity index is 2.29. The van der Waals surface area contributed by atoms with E-state index in [9.17, 15) is 19.8 Å². The minimum Gasteiger partial charge on any atom is -0.481 e. The van der Waals surface area contributed by atoms with Crippen molar-refractivity contribution in [3.05, 3.63) is 0 Å². The molecule has 2 aliphatic rings. The maximum absolute atomic E-state index is 11.6. The minimum absolute atomic E-state index is 0.0444. The predicted molar refractivity (Wildman–Crippen MR) is 70.7 cm³/mol. The standard InChI is InChI=1S/C15H24O4/c1-2-5-10-8-9-6-3-4-7-11(9)13(15(18)19)12(10)14(16)17/h9-13H,2-8H2,1H3,(H,16,17)(H,18,19). The summed E-state index contributed by atoms with van der Waals surface area (Å²) < 4.78 is 0. The highest BCUT2D eigenvalue weighted by Gasteiger charge is 2.51. The van der Waals surface area contributed by atoms with Crippen LogP contribution in [0.1, 0.15) is 51.9 Å². The van der Waals surface area contributed by atoms with Crippen LogP contribution in [0.5, 0.6) is 0 Å². The third-order valence-corrected chi connectivity index (χ3v) is 5.16. The summed E-state index contributed by atoms with van der Waals surface area (Å²) in [6, 6.07) is 0. The minimum atomic E-state index is -0.908. The molecular weight excluding hydrogens is 244 g/mol. The molecule has 2 rings (SSSR count). The molecule has 0 aliphatic heterocycles. The molecule has 0 aromatic rings. The number of rotatable bonds is 4. The van der Waals surface area contributed by atoms with Gasteiger partial charge in [0, 0.05) is 0 Å². The topological polar surface area (TPSA) is 74.6 Å². The van der Waals surface area contributed by atoms with E-state index in [1.54, 1.807) is 0 Å². The second-order valence-corrected chi connectivity index (χ2v) is 6.22. The third kappa shape index (κ3) is 2.77. The zero-order valence-electron chi connectivity index (χ0n) is 11.5. The highest BCUT2D eigenvalue weighted by Crippen LogP contribution is 2.50. The van der Waals surface area contributed by atoms with Crippen LogP contribution in [0.15, 0.2) is 0 Å². The fraction of sp³-hybridized carbons (Fsp3) is 0.867. The molecule has 0 aromatic carbocycles. The Morgan fingerprint density at radius 2 is 1.68 bits per heavy atom. The highest BCUT2D eigenvalue weighted by molar-refractivity contribution is 5.80. The molecule has 2 N–H and O–H groups in total. The van der Waals surface area contributed by atoms with E-state index >= 15 is 0 Å². The number of carboxylic acids is 2. The van der Waals surface area contributed by atoms with Gasteiger partial charge >= 0.3 is 11.9 Å². The van der Waals surface area contributed by atoms with Gasteiger partial charge in [-0.05, 0) is 37.0 Å². The number of hydrogen-bond acceptors (Lipinski definition) is 2. The van der Waals surface area contributed by atoms with Crippen molar-refractivity contribution in [2.75, 3.05) is 0 Å². The van der Waals surface area contributed by atoms with Crippen molar-refractivity contribution in [2.45, 2.75) is 51.9 Å². The number of carboxylic acid groups (broad SMARTS) is 2. The molecule has 2 fully saturated rings. The van der Waals surface area contributed by atoms with E-state index in [1.165, 1.54) is 6.42 Å². The Hall–Kier alpha value is -1.06. The summed E-state index contributed by atoms with van der Waals surface area (Å²) >= 11 is 0. The van der Waals surface area contributed by atoms with Gasteiger partial charge in [0.15, 0.2) is 0 Å². The summed E-state index contributed by atoms with van der Waals surface area (Å²) in [4.78, 5) is 23.2. The van der Waals surface area contributed by atoms with Crippen molar-refractivity contribution in [3.63, 3.8) is 0 Å². The van der Waals surface area contributed by atoms with Crippen molar-refractivity contribution in [1.29, 1.82) is 0 Å². The van der Waals surface area contributed by atoms with E-state index in [4.69, 9.17) is 0 Å². The summed E-state index contributed by atoms with van der Waals surface area (Å²) in [5, 5.41) is 19.0. The van der Waals surface area contributed by atoms with Gasteiger partial charge in [-0.25, -0.2) is 0 Å². The Morgan fingerprint density at radius 1 is 1.05 bits per heavy atom. The fourth-order valence-electron chi connectivity index (χ4n) is 4.46. The summed E-state index contributed by atoms with van der Waals surface area (Å²) in [6.45, 7) is 2.04. The quantitative estimate of drug-likeness (QED) is 0.822. The van der Waals surface area contributed by atoms with E-state index in [-0.39, 0.29) is 11.8 Å². The summed E-state index contributed by atoms with van der Waals surface area (Å²) in [7, 11) is 0. The van der Waals surface area contributed by atoms with E-state index in [2.05, 4.69) is 0 Å². The molecule has 0 amide bonds. The maximum Gasteiger partial charge on any atom is 0.307 e. The van der Waals surface area contributed by atoms with Gasteiger partial charge in [0.05, 0.1) is 11.8 Å². The number of fused-ring (bicyclic) bond motifs is 1. The molecule has 0 radical (unpaired) electrons. The fourth-order valence-corrected chi connectivity index (χ4v) is 4.46. The molecule has 5 unspecified atom stereocenters. The molecule has 0 saturated heterocycles. The first-order valence-corrected chi connectivity index (χ1v) is 7.51. The number of aliphatic carboxylic acids is 2. The van der Waals surface area contributed by atoms with Crippen LogP contribution in [0.4, 0.5) is 0 Å². The van der Waals surface area contributed by atoms with Crippen LogP contribution >= 0.6 is 0 Å². The average molecular weight is 268 g/mol. The average Bonchev–Trinajstić information content (AvgIpc) is 2.37. The van der Waals surface area contributed by atoms with Crippen LogP contribution < -0.4 is 0 Å². The zero-order chi connectivity index (χ0) is 14.0. The van der Waals surface area contributed by atoms with Gasteiger partial charge < -0.3 is 10.2 Å². The normalized spacial score (nSPS) is 38.5. The van der Waals surface area contributed by atoms with Crippen molar-refractivity contribution < 1.29 is 19.8 Å². The number of hydrogen-bond donors (Lipinski definition) is 2. The van der Waals surface area contributed by atoms with Crippen LogP contribution in [0.3, 0.4) is 0 Å². The molecule has 0 aromatic heterocycles. The number of carbonyl (C=O) groups is 2. The second-order valence-electron chi connectivity index (χ2n) is 6.22. The largest absolute Gasteiger partial charge is 0.481 e. The molecule has 0 bridgehead atoms. The van der Waals surface area contributed by atoms with E-state index in [0.29, 0.717) is 5.92 Å². The van der Waals surface area contributed by atoms with Gasteiger partial charge in [0.1, 0.15) is 0 Å². The Bertz CT molecular complexity index is 352. The SMILES string of the molecule is CCCC1CC2CCCCC2C(C(=O)O)C1C(=O)O. The van der Waals surface area contributed by atoms with E-state index < -0.39 is 23.8 Å². The van der Waals surface area contributed by atoms with Gasteiger partial charge in [-0.2, -0.15) is 0 Å². The Kier molecular flexibility index (Phi) is 4.48. The lowest BCUT2D eigenvalue weighted by Gasteiger charge is -2.46. The van der Waals surface area contributed by atoms with Crippen LogP contribution in [-0.2, 0) is 9.59 Å². The molecule has 2 saturated carbocycles. The summed E-state index contributed by atoms with van der Waals surface area (Å²) in [5.74, 6) is -2.60. The molecule has 0 heterocycles. The summed E-state index contributed by atoms with van der Waals surface area (Å²) in [5.41, 5.74) is 0. The van der Waals surface area contributed by atoms with Crippen molar-refractivity contribution in [1.82, 2.24) is 0 Å². The van der Waals surface area contributed by atoms with E-state index in [0.717, 1.165) is 38.5 Å². The van der Waals surface area contributed by atoms with Crippen molar-refractivity contribution in [2.24, 2.45) is 29.6 Å². The zero-order valence-corrected chi connectivity index (χ0v) is 11.5. The van der Waals surface area contributed by atoms with Gasteiger partial charge in [-0.3, -0.25) is 9.59 Å². The molecule has 5 atom stereocenters. The van der Waals surface area contributed by atoms with Gasteiger partial charge in [0.25, 0.3) is 0 Å². The smallest absolute Gasteiger partial charge is 0.307 e.